The smallest absolute Gasteiger partial charge is 0.322 e. The predicted molar refractivity (Wildman–Crippen MR) is 126 cm³/mol. The standard InChI is InChI=1S/C25H26N4O4/c1-3-18-6-8-19(9-7-18)27-25(32)29-12-4-5-22(29)24(31)26-20-10-11-21(17(2)15-20)28-13-14-33-16-23(28)30/h1,6-11,15,22H,4-5,12-14,16H2,2H3,(H,26,31)(H,27,32)/t22-/m1/s1. The van der Waals surface area contributed by atoms with E-state index in [-0.39, 0.29) is 24.5 Å². The molecule has 2 aromatic rings. The molecule has 1 atom stereocenters. The first kappa shape index (κ1) is 22.4. The summed E-state index contributed by atoms with van der Waals surface area (Å²) in [5.41, 5.74) is 3.65. The number of likely N-dealkylation sites (tertiary alicyclic amines) is 1. The number of aryl methyl sites for hydroxylation is 1. The molecule has 0 unspecified atom stereocenters. The highest BCUT2D eigenvalue weighted by Gasteiger charge is 2.34. The van der Waals surface area contributed by atoms with E-state index in [0.717, 1.165) is 23.2 Å². The lowest BCUT2D eigenvalue weighted by molar-refractivity contribution is -0.125. The molecule has 2 fully saturated rings. The summed E-state index contributed by atoms with van der Waals surface area (Å²) in [5, 5.41) is 5.75. The zero-order chi connectivity index (χ0) is 23.4. The van der Waals surface area contributed by atoms with E-state index >= 15 is 0 Å². The summed E-state index contributed by atoms with van der Waals surface area (Å²) in [6.07, 6.45) is 6.71. The number of terminal acetylenes is 1. The molecular weight excluding hydrogens is 420 g/mol. The van der Waals surface area contributed by atoms with Gasteiger partial charge in [-0.3, -0.25) is 9.59 Å². The molecule has 8 heteroatoms. The molecule has 170 valence electrons. The Kier molecular flexibility index (Phi) is 6.61. The van der Waals surface area contributed by atoms with Gasteiger partial charge >= 0.3 is 6.03 Å². The Bertz CT molecular complexity index is 1110. The van der Waals surface area contributed by atoms with Crippen LogP contribution >= 0.6 is 0 Å². The molecule has 33 heavy (non-hydrogen) atoms. The number of amides is 4. The monoisotopic (exact) mass is 446 g/mol. The first-order chi connectivity index (χ1) is 16.0. The molecule has 0 radical (unpaired) electrons. The fraction of sp³-hybridized carbons (Fsp3) is 0.320. The first-order valence-corrected chi connectivity index (χ1v) is 10.9. The van der Waals surface area contributed by atoms with E-state index in [9.17, 15) is 14.4 Å². The lowest BCUT2D eigenvalue weighted by atomic mass is 10.1. The van der Waals surface area contributed by atoms with Crippen molar-refractivity contribution in [2.45, 2.75) is 25.8 Å². The van der Waals surface area contributed by atoms with Gasteiger partial charge in [-0.1, -0.05) is 5.92 Å². The second-order valence-corrected chi connectivity index (χ2v) is 8.09. The van der Waals surface area contributed by atoms with Crippen molar-refractivity contribution in [3.05, 3.63) is 53.6 Å². The molecule has 2 saturated heterocycles. The van der Waals surface area contributed by atoms with Gasteiger partial charge in [0.25, 0.3) is 5.91 Å². The molecule has 0 aliphatic carbocycles. The SMILES string of the molecule is C#Cc1ccc(NC(=O)N2CCC[C@@H]2C(=O)Nc2ccc(N3CCOCC3=O)c(C)c2)cc1. The maximum atomic E-state index is 13.0. The van der Waals surface area contributed by atoms with Gasteiger partial charge in [0.2, 0.25) is 5.91 Å². The van der Waals surface area contributed by atoms with E-state index in [4.69, 9.17) is 11.2 Å². The number of morpholine rings is 1. The molecule has 0 saturated carbocycles. The summed E-state index contributed by atoms with van der Waals surface area (Å²) >= 11 is 0. The Labute approximate surface area is 192 Å². The number of ether oxygens (including phenoxy) is 1. The minimum atomic E-state index is -0.559. The molecule has 2 heterocycles. The number of anilines is 3. The van der Waals surface area contributed by atoms with Crippen LogP contribution in [0.15, 0.2) is 42.5 Å². The molecule has 0 bridgehead atoms. The third-order valence-electron chi connectivity index (χ3n) is 5.86. The van der Waals surface area contributed by atoms with Crippen molar-refractivity contribution >= 4 is 34.9 Å². The van der Waals surface area contributed by atoms with Crippen LogP contribution in [0, 0.1) is 19.3 Å². The van der Waals surface area contributed by atoms with Crippen LogP contribution in [0.1, 0.15) is 24.0 Å². The molecule has 8 nitrogen and oxygen atoms in total. The number of urea groups is 1. The maximum Gasteiger partial charge on any atom is 0.322 e. The summed E-state index contributed by atoms with van der Waals surface area (Å²) in [5.74, 6) is 2.22. The number of nitrogens with one attached hydrogen (secondary N) is 2. The normalized spacial score (nSPS) is 18.1. The highest BCUT2D eigenvalue weighted by atomic mass is 16.5. The van der Waals surface area contributed by atoms with Crippen molar-refractivity contribution in [3.8, 4) is 12.3 Å². The minimum Gasteiger partial charge on any atom is -0.370 e. The number of hydrogen-bond acceptors (Lipinski definition) is 4. The number of hydrogen-bond donors (Lipinski definition) is 2. The van der Waals surface area contributed by atoms with Crippen LogP contribution < -0.4 is 15.5 Å². The van der Waals surface area contributed by atoms with E-state index in [1.165, 1.54) is 0 Å². The Morgan fingerprint density at radius 3 is 2.55 bits per heavy atom. The van der Waals surface area contributed by atoms with E-state index in [2.05, 4.69) is 16.6 Å². The molecule has 0 spiro atoms. The van der Waals surface area contributed by atoms with Crippen molar-refractivity contribution in [3.63, 3.8) is 0 Å². The highest BCUT2D eigenvalue weighted by Crippen LogP contribution is 2.26. The average molecular weight is 447 g/mol. The van der Waals surface area contributed by atoms with Crippen molar-refractivity contribution in [2.75, 3.05) is 41.8 Å². The summed E-state index contributed by atoms with van der Waals surface area (Å²) < 4.78 is 5.19. The van der Waals surface area contributed by atoms with Crippen LogP contribution in [0.4, 0.5) is 21.9 Å². The predicted octanol–water partition coefficient (Wildman–Crippen LogP) is 2.97. The summed E-state index contributed by atoms with van der Waals surface area (Å²) in [6, 6.07) is 11.5. The Morgan fingerprint density at radius 1 is 1.09 bits per heavy atom. The van der Waals surface area contributed by atoms with Crippen molar-refractivity contribution in [2.24, 2.45) is 0 Å². The van der Waals surface area contributed by atoms with Crippen LogP contribution in [0.5, 0.6) is 0 Å². The lowest BCUT2D eigenvalue weighted by Crippen LogP contribution is -2.45. The summed E-state index contributed by atoms with van der Waals surface area (Å²) in [7, 11) is 0. The van der Waals surface area contributed by atoms with Gasteiger partial charge in [-0.25, -0.2) is 4.79 Å². The van der Waals surface area contributed by atoms with Gasteiger partial charge in [0.15, 0.2) is 0 Å². The van der Waals surface area contributed by atoms with Gasteiger partial charge in [-0.15, -0.1) is 6.42 Å². The average Bonchev–Trinajstić information content (AvgIpc) is 3.31. The van der Waals surface area contributed by atoms with Crippen LogP contribution in [0.3, 0.4) is 0 Å². The lowest BCUT2D eigenvalue weighted by Gasteiger charge is -2.28. The quantitative estimate of drug-likeness (QED) is 0.707. The molecular formula is C25H26N4O4. The van der Waals surface area contributed by atoms with Gasteiger partial charge in [0, 0.05) is 35.7 Å². The van der Waals surface area contributed by atoms with E-state index in [1.54, 1.807) is 40.1 Å². The number of rotatable bonds is 4. The number of nitrogens with zero attached hydrogens (tertiary/aromatic N) is 2. The topological polar surface area (TPSA) is 91.0 Å². The zero-order valence-corrected chi connectivity index (χ0v) is 18.5. The number of benzene rings is 2. The summed E-state index contributed by atoms with van der Waals surface area (Å²) in [6.45, 7) is 3.48. The van der Waals surface area contributed by atoms with Crippen LogP contribution in [0.25, 0.3) is 0 Å². The third kappa shape index (κ3) is 4.99. The van der Waals surface area contributed by atoms with Crippen molar-refractivity contribution < 1.29 is 19.1 Å². The zero-order valence-electron chi connectivity index (χ0n) is 18.5. The molecule has 2 aliphatic heterocycles. The Hall–Kier alpha value is -3.83. The number of carbonyl (C=O) groups is 3. The molecule has 2 N–H and O–H groups in total. The summed E-state index contributed by atoms with van der Waals surface area (Å²) in [4.78, 5) is 41.1. The van der Waals surface area contributed by atoms with Crippen molar-refractivity contribution in [1.29, 1.82) is 0 Å². The first-order valence-electron chi connectivity index (χ1n) is 10.9. The van der Waals surface area contributed by atoms with Crippen molar-refractivity contribution in [1.82, 2.24) is 4.90 Å². The van der Waals surface area contributed by atoms with Gasteiger partial charge in [0.05, 0.1) is 6.61 Å². The van der Waals surface area contributed by atoms with Gasteiger partial charge in [-0.2, -0.15) is 0 Å². The molecule has 0 aromatic heterocycles. The Morgan fingerprint density at radius 2 is 1.85 bits per heavy atom. The molecule has 2 aliphatic rings. The maximum absolute atomic E-state index is 13.0. The minimum absolute atomic E-state index is 0.0750. The number of carbonyl (C=O) groups excluding carboxylic acids is 3. The molecule has 4 rings (SSSR count). The van der Waals surface area contributed by atoms with E-state index in [1.807, 2.05) is 19.1 Å². The van der Waals surface area contributed by atoms with Gasteiger partial charge in [0.1, 0.15) is 12.6 Å². The second kappa shape index (κ2) is 9.76. The van der Waals surface area contributed by atoms with E-state index in [0.29, 0.717) is 37.5 Å². The van der Waals surface area contributed by atoms with Crippen LogP contribution in [0.2, 0.25) is 0 Å². The fourth-order valence-electron chi connectivity index (χ4n) is 4.16. The van der Waals surface area contributed by atoms with Gasteiger partial charge < -0.3 is 25.2 Å². The fourth-order valence-corrected chi connectivity index (χ4v) is 4.16. The van der Waals surface area contributed by atoms with Crippen LogP contribution in [-0.2, 0) is 14.3 Å². The van der Waals surface area contributed by atoms with Gasteiger partial charge in [-0.05, 0) is 67.8 Å². The highest BCUT2D eigenvalue weighted by molar-refractivity contribution is 6.00. The largest absolute Gasteiger partial charge is 0.370 e. The Balaban J connectivity index is 1.40. The van der Waals surface area contributed by atoms with Crippen LogP contribution in [-0.4, -0.2) is 55.1 Å². The van der Waals surface area contributed by atoms with E-state index < -0.39 is 6.04 Å². The molecule has 2 aromatic carbocycles. The third-order valence-corrected chi connectivity index (χ3v) is 5.86. The second-order valence-electron chi connectivity index (χ2n) is 8.09. The molecule has 4 amide bonds.